The molecule has 0 aromatic carbocycles. The molecular weight excluding hydrogens is 180 g/mol. The van der Waals surface area contributed by atoms with Crippen molar-refractivity contribution in [2.75, 3.05) is 13.6 Å². The Morgan fingerprint density at radius 2 is 2.14 bits per heavy atom. The lowest BCUT2D eigenvalue weighted by atomic mass is 10.2. The molecule has 0 aromatic rings. The summed E-state index contributed by atoms with van der Waals surface area (Å²) in [6, 6.07) is 0.112. The van der Waals surface area contributed by atoms with E-state index in [1.807, 2.05) is 13.8 Å². The van der Waals surface area contributed by atoms with Crippen molar-refractivity contribution in [3.05, 3.63) is 0 Å². The van der Waals surface area contributed by atoms with Crippen LogP contribution in [0.25, 0.3) is 0 Å². The highest BCUT2D eigenvalue weighted by molar-refractivity contribution is 5.76. The van der Waals surface area contributed by atoms with Crippen LogP contribution in [0.15, 0.2) is 0 Å². The zero-order chi connectivity index (χ0) is 11.0. The number of nitrogens with one attached hydrogen (secondary N) is 2. The number of aliphatic hydroxyl groups is 1. The van der Waals surface area contributed by atoms with Crippen molar-refractivity contribution in [2.24, 2.45) is 0 Å². The molecule has 4 nitrogen and oxygen atoms in total. The molecule has 1 amide bonds. The van der Waals surface area contributed by atoms with Crippen LogP contribution in [0.4, 0.5) is 0 Å². The molecule has 0 saturated carbocycles. The molecule has 0 aromatic heterocycles. The molecule has 0 radical (unpaired) electrons. The Balaban J connectivity index is 3.52. The molecule has 3 N–H and O–H groups in total. The number of aliphatic hydroxyl groups excluding tert-OH is 1. The van der Waals surface area contributed by atoms with E-state index in [0.717, 1.165) is 12.8 Å². The molecule has 0 spiro atoms. The number of hydrogen-bond acceptors (Lipinski definition) is 3. The van der Waals surface area contributed by atoms with Crippen LogP contribution in [0.1, 0.15) is 33.1 Å². The van der Waals surface area contributed by atoms with Crippen LogP contribution < -0.4 is 10.6 Å². The van der Waals surface area contributed by atoms with Gasteiger partial charge in [0.15, 0.2) is 0 Å². The number of carbonyl (C=O) groups excluding carboxylic acids is 1. The highest BCUT2D eigenvalue weighted by Gasteiger charge is 2.08. The summed E-state index contributed by atoms with van der Waals surface area (Å²) in [5, 5.41) is 15.1. The molecule has 4 heteroatoms. The smallest absolute Gasteiger partial charge is 0.221 e. The van der Waals surface area contributed by atoms with Gasteiger partial charge in [-0.2, -0.15) is 0 Å². The highest BCUT2D eigenvalue weighted by Crippen LogP contribution is 1.96. The molecule has 0 fully saturated rings. The molecule has 0 heterocycles. The predicted molar refractivity (Wildman–Crippen MR) is 57.1 cm³/mol. The monoisotopic (exact) mass is 202 g/mol. The molecule has 0 aliphatic carbocycles. The van der Waals surface area contributed by atoms with E-state index >= 15 is 0 Å². The minimum atomic E-state index is -0.299. The third-order valence-corrected chi connectivity index (χ3v) is 2.09. The van der Waals surface area contributed by atoms with Crippen LogP contribution in [0.3, 0.4) is 0 Å². The van der Waals surface area contributed by atoms with Gasteiger partial charge >= 0.3 is 0 Å². The lowest BCUT2D eigenvalue weighted by molar-refractivity contribution is -0.121. The maximum atomic E-state index is 11.0. The molecule has 0 aliphatic rings. The van der Waals surface area contributed by atoms with Gasteiger partial charge in [0.2, 0.25) is 5.91 Å². The van der Waals surface area contributed by atoms with E-state index in [9.17, 15) is 9.90 Å². The lowest BCUT2D eigenvalue weighted by Crippen LogP contribution is -2.37. The summed E-state index contributed by atoms with van der Waals surface area (Å²) in [4.78, 5) is 11.0. The summed E-state index contributed by atoms with van der Waals surface area (Å²) < 4.78 is 0. The van der Waals surface area contributed by atoms with Gasteiger partial charge in [0.05, 0.1) is 6.10 Å². The Morgan fingerprint density at radius 1 is 1.50 bits per heavy atom. The number of carbonyl (C=O) groups is 1. The van der Waals surface area contributed by atoms with Gasteiger partial charge in [-0.1, -0.05) is 13.3 Å². The van der Waals surface area contributed by atoms with Crippen LogP contribution >= 0.6 is 0 Å². The van der Waals surface area contributed by atoms with Crippen molar-refractivity contribution in [3.8, 4) is 0 Å². The van der Waals surface area contributed by atoms with Crippen LogP contribution in [0.2, 0.25) is 0 Å². The van der Waals surface area contributed by atoms with Gasteiger partial charge in [-0.05, 0) is 13.3 Å². The standard InChI is InChI=1S/C10H22N2O2/c1-4-5-9(13)7-12-8(2)6-10(14)11-3/h8-9,12-13H,4-7H2,1-3H3,(H,11,14). The van der Waals surface area contributed by atoms with E-state index in [1.165, 1.54) is 0 Å². The molecular formula is C10H22N2O2. The third kappa shape index (κ3) is 6.86. The zero-order valence-electron chi connectivity index (χ0n) is 9.34. The molecule has 2 unspecified atom stereocenters. The number of rotatable bonds is 7. The average Bonchev–Trinajstić information content (AvgIpc) is 2.15. The third-order valence-electron chi connectivity index (χ3n) is 2.09. The Bertz CT molecular complexity index is 162. The molecule has 0 saturated heterocycles. The Kier molecular flexibility index (Phi) is 7.42. The molecule has 2 atom stereocenters. The van der Waals surface area contributed by atoms with Gasteiger partial charge in [-0.15, -0.1) is 0 Å². The minimum Gasteiger partial charge on any atom is -0.392 e. The largest absolute Gasteiger partial charge is 0.392 e. The van der Waals surface area contributed by atoms with Gasteiger partial charge in [0.1, 0.15) is 0 Å². The maximum Gasteiger partial charge on any atom is 0.221 e. The first-order valence-electron chi connectivity index (χ1n) is 5.22. The number of hydrogen-bond donors (Lipinski definition) is 3. The van der Waals surface area contributed by atoms with Crippen LogP contribution in [-0.2, 0) is 4.79 Å². The van der Waals surface area contributed by atoms with Gasteiger partial charge in [0.25, 0.3) is 0 Å². The fraction of sp³-hybridized carbons (Fsp3) is 0.900. The van der Waals surface area contributed by atoms with E-state index in [4.69, 9.17) is 0 Å². The predicted octanol–water partition coefficient (Wildman–Crippen LogP) is 0.262. The summed E-state index contributed by atoms with van der Waals surface area (Å²) >= 11 is 0. The summed E-state index contributed by atoms with van der Waals surface area (Å²) in [6.45, 7) is 4.54. The zero-order valence-corrected chi connectivity index (χ0v) is 9.34. The second-order valence-electron chi connectivity index (χ2n) is 3.63. The quantitative estimate of drug-likeness (QED) is 0.555. The van der Waals surface area contributed by atoms with Crippen molar-refractivity contribution < 1.29 is 9.90 Å². The summed E-state index contributed by atoms with van der Waals surface area (Å²) in [5.41, 5.74) is 0. The highest BCUT2D eigenvalue weighted by atomic mass is 16.3. The SMILES string of the molecule is CCCC(O)CNC(C)CC(=O)NC. The summed E-state index contributed by atoms with van der Waals surface area (Å²) in [5.74, 6) is 0.0231. The van der Waals surface area contributed by atoms with Crippen molar-refractivity contribution in [2.45, 2.75) is 45.3 Å². The van der Waals surface area contributed by atoms with Crippen LogP contribution in [0, 0.1) is 0 Å². The van der Waals surface area contributed by atoms with Gasteiger partial charge in [0, 0.05) is 26.1 Å². The van der Waals surface area contributed by atoms with Gasteiger partial charge in [-0.3, -0.25) is 4.79 Å². The number of amides is 1. The van der Waals surface area contributed by atoms with E-state index in [-0.39, 0.29) is 18.1 Å². The Hall–Kier alpha value is -0.610. The first-order chi connectivity index (χ1) is 6.60. The van der Waals surface area contributed by atoms with Gasteiger partial charge < -0.3 is 15.7 Å². The molecule has 0 bridgehead atoms. The van der Waals surface area contributed by atoms with E-state index in [2.05, 4.69) is 10.6 Å². The summed E-state index contributed by atoms with van der Waals surface area (Å²) in [7, 11) is 1.63. The Morgan fingerprint density at radius 3 is 2.64 bits per heavy atom. The van der Waals surface area contributed by atoms with Crippen LogP contribution in [0.5, 0.6) is 0 Å². The lowest BCUT2D eigenvalue weighted by Gasteiger charge is -2.15. The second kappa shape index (κ2) is 7.76. The normalized spacial score (nSPS) is 14.9. The van der Waals surface area contributed by atoms with E-state index in [0.29, 0.717) is 13.0 Å². The van der Waals surface area contributed by atoms with E-state index in [1.54, 1.807) is 7.05 Å². The fourth-order valence-electron chi connectivity index (χ4n) is 1.22. The minimum absolute atomic E-state index is 0.0231. The Labute approximate surface area is 86.1 Å². The van der Waals surface area contributed by atoms with E-state index < -0.39 is 0 Å². The fourth-order valence-corrected chi connectivity index (χ4v) is 1.22. The van der Waals surface area contributed by atoms with Crippen molar-refractivity contribution in [3.63, 3.8) is 0 Å². The van der Waals surface area contributed by atoms with Crippen LogP contribution in [-0.4, -0.2) is 36.8 Å². The molecule has 0 rings (SSSR count). The summed E-state index contributed by atoms with van der Waals surface area (Å²) in [6.07, 6.45) is 1.94. The van der Waals surface area contributed by atoms with Crippen molar-refractivity contribution in [1.29, 1.82) is 0 Å². The molecule has 0 aliphatic heterocycles. The second-order valence-corrected chi connectivity index (χ2v) is 3.63. The topological polar surface area (TPSA) is 61.4 Å². The van der Waals surface area contributed by atoms with Crippen molar-refractivity contribution in [1.82, 2.24) is 10.6 Å². The van der Waals surface area contributed by atoms with Gasteiger partial charge in [-0.25, -0.2) is 0 Å². The first kappa shape index (κ1) is 13.4. The average molecular weight is 202 g/mol. The van der Waals surface area contributed by atoms with Crippen molar-refractivity contribution >= 4 is 5.91 Å². The first-order valence-corrected chi connectivity index (χ1v) is 5.22. The molecule has 84 valence electrons. The molecule has 14 heavy (non-hydrogen) atoms. The maximum absolute atomic E-state index is 11.0.